The first kappa shape index (κ1) is 12.8. The number of nitriles is 1. The van der Waals surface area contributed by atoms with Crippen LogP contribution in [0, 0.1) is 34.5 Å². The van der Waals surface area contributed by atoms with Crippen LogP contribution in [0.5, 0.6) is 0 Å². The number of primary amides is 1. The van der Waals surface area contributed by atoms with Gasteiger partial charge in [-0.1, -0.05) is 0 Å². The Bertz CT molecular complexity index is 390. The van der Waals surface area contributed by atoms with Crippen LogP contribution in [0.2, 0.25) is 0 Å². The molecule has 0 aliphatic heterocycles. The zero-order valence-electron chi connectivity index (χ0n) is 11.6. The summed E-state index contributed by atoms with van der Waals surface area (Å²) in [5.41, 5.74) is 5.51. The van der Waals surface area contributed by atoms with Crippen molar-refractivity contribution in [2.75, 3.05) is 6.54 Å². The molecule has 0 radical (unpaired) electrons. The van der Waals surface area contributed by atoms with Crippen molar-refractivity contribution in [3.8, 4) is 6.07 Å². The maximum atomic E-state index is 11.6. The third-order valence-electron chi connectivity index (χ3n) is 5.72. The van der Waals surface area contributed by atoms with Gasteiger partial charge < -0.3 is 10.6 Å². The highest BCUT2D eigenvalue weighted by atomic mass is 16.2. The first-order valence-corrected chi connectivity index (χ1v) is 7.53. The summed E-state index contributed by atoms with van der Waals surface area (Å²) in [5, 5.41) is 9.64. The van der Waals surface area contributed by atoms with Crippen LogP contribution in [0.15, 0.2) is 0 Å². The minimum atomic E-state index is -0.440. The van der Waals surface area contributed by atoms with Gasteiger partial charge in [-0.05, 0) is 63.2 Å². The summed E-state index contributed by atoms with van der Waals surface area (Å²) in [6.45, 7) is 2.45. The van der Waals surface area contributed by atoms with Crippen LogP contribution in [-0.4, -0.2) is 23.5 Å². The van der Waals surface area contributed by atoms with E-state index in [-0.39, 0.29) is 11.5 Å². The molecule has 0 aromatic carbocycles. The van der Waals surface area contributed by atoms with Crippen molar-refractivity contribution >= 4 is 6.03 Å². The molecule has 104 valence electrons. The number of amides is 2. The number of urea groups is 1. The maximum absolute atomic E-state index is 11.6. The molecule has 0 heterocycles. The van der Waals surface area contributed by atoms with E-state index >= 15 is 0 Å². The zero-order chi connectivity index (χ0) is 13.6. The summed E-state index contributed by atoms with van der Waals surface area (Å²) < 4.78 is 0. The van der Waals surface area contributed by atoms with Gasteiger partial charge in [-0.25, -0.2) is 4.79 Å². The Kier molecular flexibility index (Phi) is 2.96. The molecule has 0 spiro atoms. The van der Waals surface area contributed by atoms with Crippen molar-refractivity contribution in [1.29, 1.82) is 5.26 Å². The van der Waals surface area contributed by atoms with Gasteiger partial charge in [0.05, 0.1) is 6.07 Å². The number of hydrogen-bond acceptors (Lipinski definition) is 2. The minimum Gasteiger partial charge on any atom is -0.351 e. The average Bonchev–Trinajstić information content (AvgIpc) is 2.33. The van der Waals surface area contributed by atoms with E-state index in [1.165, 1.54) is 19.3 Å². The Labute approximate surface area is 114 Å². The van der Waals surface area contributed by atoms with E-state index in [1.54, 1.807) is 4.90 Å². The van der Waals surface area contributed by atoms with E-state index in [1.807, 2.05) is 6.92 Å². The van der Waals surface area contributed by atoms with Crippen molar-refractivity contribution < 1.29 is 4.79 Å². The van der Waals surface area contributed by atoms with Crippen LogP contribution >= 0.6 is 0 Å². The summed E-state index contributed by atoms with van der Waals surface area (Å²) in [6, 6.07) is 1.66. The third kappa shape index (κ3) is 1.91. The fourth-order valence-corrected chi connectivity index (χ4v) is 5.52. The molecule has 4 saturated carbocycles. The SMILES string of the molecule is CCN(C(N)=O)C(C#N)C12CC3CC(CC(C3)C1)C2. The van der Waals surface area contributed by atoms with Gasteiger partial charge in [0.2, 0.25) is 0 Å². The number of carbonyl (C=O) groups excluding carboxylic acids is 1. The van der Waals surface area contributed by atoms with Crippen molar-refractivity contribution in [2.24, 2.45) is 28.9 Å². The van der Waals surface area contributed by atoms with Crippen LogP contribution in [0.25, 0.3) is 0 Å². The number of rotatable bonds is 3. The smallest absolute Gasteiger partial charge is 0.315 e. The van der Waals surface area contributed by atoms with Gasteiger partial charge in [-0.2, -0.15) is 5.26 Å². The lowest BCUT2D eigenvalue weighted by Crippen LogP contribution is -2.58. The van der Waals surface area contributed by atoms with Crippen LogP contribution in [0.4, 0.5) is 4.79 Å². The molecular weight excluding hydrogens is 238 g/mol. The second-order valence-electron chi connectivity index (χ2n) is 6.94. The van der Waals surface area contributed by atoms with Gasteiger partial charge in [0, 0.05) is 12.0 Å². The summed E-state index contributed by atoms with van der Waals surface area (Å²) in [7, 11) is 0. The lowest BCUT2D eigenvalue weighted by atomic mass is 9.47. The molecule has 4 aliphatic carbocycles. The Balaban J connectivity index is 1.91. The van der Waals surface area contributed by atoms with E-state index < -0.39 is 6.03 Å². The van der Waals surface area contributed by atoms with E-state index in [9.17, 15) is 10.1 Å². The first-order chi connectivity index (χ1) is 9.08. The van der Waals surface area contributed by atoms with Gasteiger partial charge in [0.1, 0.15) is 6.04 Å². The monoisotopic (exact) mass is 261 g/mol. The van der Waals surface area contributed by atoms with E-state index in [0.29, 0.717) is 6.54 Å². The van der Waals surface area contributed by atoms with Crippen LogP contribution in [0.3, 0.4) is 0 Å². The highest BCUT2D eigenvalue weighted by molar-refractivity contribution is 5.73. The fraction of sp³-hybridized carbons (Fsp3) is 0.867. The summed E-state index contributed by atoms with van der Waals surface area (Å²) in [6.07, 6.45) is 7.42. The molecule has 4 nitrogen and oxygen atoms in total. The molecule has 0 saturated heterocycles. The number of nitrogens with zero attached hydrogens (tertiary/aromatic N) is 2. The molecule has 0 aromatic heterocycles. The normalized spacial score (nSPS) is 40.7. The Hall–Kier alpha value is -1.24. The van der Waals surface area contributed by atoms with E-state index in [2.05, 4.69) is 6.07 Å². The van der Waals surface area contributed by atoms with Gasteiger partial charge in [0.15, 0.2) is 0 Å². The molecule has 2 N–H and O–H groups in total. The van der Waals surface area contributed by atoms with Crippen LogP contribution in [0.1, 0.15) is 45.4 Å². The van der Waals surface area contributed by atoms with Crippen molar-refractivity contribution in [1.82, 2.24) is 4.90 Å². The molecule has 19 heavy (non-hydrogen) atoms. The van der Waals surface area contributed by atoms with Gasteiger partial charge in [0.25, 0.3) is 0 Å². The molecular formula is C15H23N3O. The molecule has 4 heteroatoms. The van der Waals surface area contributed by atoms with Gasteiger partial charge >= 0.3 is 6.03 Å². The summed E-state index contributed by atoms with van der Waals surface area (Å²) in [4.78, 5) is 13.2. The fourth-order valence-electron chi connectivity index (χ4n) is 5.52. The van der Waals surface area contributed by atoms with Gasteiger partial charge in [-0.3, -0.25) is 0 Å². The Morgan fingerprint density at radius 3 is 2.11 bits per heavy atom. The first-order valence-electron chi connectivity index (χ1n) is 7.53. The van der Waals surface area contributed by atoms with Crippen molar-refractivity contribution in [3.63, 3.8) is 0 Å². The standard InChI is InChI=1S/C15H23N3O/c1-2-18(14(17)19)13(9-16)15-6-10-3-11(7-15)5-12(4-10)8-15/h10-13H,2-8H2,1H3,(H2,17,19). The number of hydrogen-bond donors (Lipinski definition) is 1. The largest absolute Gasteiger partial charge is 0.351 e. The highest BCUT2D eigenvalue weighted by Crippen LogP contribution is 2.61. The van der Waals surface area contributed by atoms with E-state index in [0.717, 1.165) is 37.0 Å². The molecule has 4 fully saturated rings. The van der Waals surface area contributed by atoms with Crippen molar-refractivity contribution in [2.45, 2.75) is 51.5 Å². The highest BCUT2D eigenvalue weighted by Gasteiger charge is 2.56. The summed E-state index contributed by atoms with van der Waals surface area (Å²) in [5.74, 6) is 2.36. The lowest BCUT2D eigenvalue weighted by Gasteiger charge is -2.59. The molecule has 4 aliphatic rings. The quantitative estimate of drug-likeness (QED) is 0.848. The van der Waals surface area contributed by atoms with Crippen LogP contribution in [-0.2, 0) is 0 Å². The molecule has 1 atom stereocenters. The number of carbonyl (C=O) groups is 1. The second kappa shape index (κ2) is 4.40. The molecule has 1 unspecified atom stereocenters. The molecule has 0 aromatic rings. The Morgan fingerprint density at radius 1 is 1.32 bits per heavy atom. The molecule has 4 rings (SSSR count). The maximum Gasteiger partial charge on any atom is 0.315 e. The predicted molar refractivity (Wildman–Crippen MR) is 72.0 cm³/mol. The minimum absolute atomic E-state index is 0.0362. The Morgan fingerprint density at radius 2 is 1.79 bits per heavy atom. The topological polar surface area (TPSA) is 70.1 Å². The predicted octanol–water partition coefficient (Wildman–Crippen LogP) is 2.50. The van der Waals surface area contributed by atoms with Gasteiger partial charge in [-0.15, -0.1) is 0 Å². The molecule has 2 amide bonds. The second-order valence-corrected chi connectivity index (χ2v) is 6.94. The zero-order valence-corrected chi connectivity index (χ0v) is 11.6. The lowest BCUT2D eigenvalue weighted by molar-refractivity contribution is -0.0792. The van der Waals surface area contributed by atoms with Crippen LogP contribution < -0.4 is 5.73 Å². The number of nitrogens with two attached hydrogens (primary N) is 1. The molecule has 4 bridgehead atoms. The average molecular weight is 261 g/mol. The van der Waals surface area contributed by atoms with Crippen molar-refractivity contribution in [3.05, 3.63) is 0 Å². The summed E-state index contributed by atoms with van der Waals surface area (Å²) >= 11 is 0. The third-order valence-corrected chi connectivity index (χ3v) is 5.72. The van der Waals surface area contributed by atoms with E-state index in [4.69, 9.17) is 5.73 Å².